The minimum Gasteiger partial charge on any atom is -0.331 e. The van der Waals surface area contributed by atoms with Crippen LogP contribution >= 0.6 is 0 Å². The number of hydrogen-bond donors (Lipinski definition) is 0. The molecule has 0 aliphatic heterocycles. The van der Waals surface area contributed by atoms with E-state index in [2.05, 4.69) is 333 Å². The zero-order chi connectivity index (χ0) is 91.0. The van der Waals surface area contributed by atoms with Gasteiger partial charge in [-0.25, -0.2) is 71.8 Å². The first kappa shape index (κ1) is 83.7. The number of hydrogen-bond acceptors (Lipinski definition) is 15. The summed E-state index contributed by atoms with van der Waals surface area (Å²) in [5.74, 6) is 7.93. The maximum absolute atomic E-state index is 14.0. The Morgan fingerprint density at radius 1 is 0.286 bits per heavy atom. The van der Waals surface area contributed by atoms with E-state index in [9.17, 15) is 4.39 Å². The van der Waals surface area contributed by atoms with Crippen LogP contribution in [0.4, 0.5) is 4.39 Å². The number of aromatic nitrogens is 26. The molecule has 0 bridgehead atoms. The van der Waals surface area contributed by atoms with E-state index < -0.39 is 0 Å². The molecule has 0 aliphatic carbocycles. The third kappa shape index (κ3) is 15.8. The van der Waals surface area contributed by atoms with Crippen molar-refractivity contribution < 1.29 is 8.91 Å². The molecule has 17 heterocycles. The van der Waals surface area contributed by atoms with E-state index in [1.165, 1.54) is 60.1 Å². The van der Waals surface area contributed by atoms with Crippen LogP contribution < -0.4 is 4.52 Å². The summed E-state index contributed by atoms with van der Waals surface area (Å²) in [6.07, 6.45) is 13.7. The van der Waals surface area contributed by atoms with Crippen LogP contribution in [-0.4, -0.2) is 121 Å². The highest BCUT2D eigenvalue weighted by atomic mass is 19.1. The number of rotatable bonds is 15. The molecule has 26 nitrogen and oxygen atoms in total. The molecule has 17 aromatic heterocycles. The molecule has 27 heteroatoms. The average Bonchev–Trinajstić information content (AvgIpc) is 1.64. The minimum atomic E-state index is -0.352. The summed E-state index contributed by atoms with van der Waals surface area (Å²) in [6.45, 7) is 16.3. The fourth-order valence-corrected chi connectivity index (χ4v) is 18.3. The fraction of sp³-hybridized carbons (Fsp3) is 0.208. The van der Waals surface area contributed by atoms with Crippen molar-refractivity contribution in [3.63, 3.8) is 0 Å². The minimum absolute atomic E-state index is 0.280. The molecular weight excluding hydrogens is 1660 g/mol. The van der Waals surface area contributed by atoms with Gasteiger partial charge in [0.05, 0.1) is 51.2 Å². The molecule has 0 unspecified atom stereocenters. The summed E-state index contributed by atoms with van der Waals surface area (Å²) >= 11 is 0. The highest BCUT2D eigenvalue weighted by molar-refractivity contribution is 6.06. The Morgan fingerprint density at radius 3 is 1.20 bits per heavy atom. The number of nitrogens with zero attached hydrogens (tertiary/aromatic N) is 26. The molecule has 0 fully saturated rings. The number of fused-ring (bicyclic) bond motifs is 20. The normalized spacial score (nSPS) is 11.8. The average molecular weight is 1760 g/mol. The lowest BCUT2D eigenvalue weighted by Crippen LogP contribution is -2.31. The summed E-state index contributed by atoms with van der Waals surface area (Å²) in [6, 6.07) is 80.6. The summed E-state index contributed by atoms with van der Waals surface area (Å²) < 4.78 is 36.0. The molecular formula is C106H98FN26+. The predicted octanol–water partition coefficient (Wildman–Crippen LogP) is 18.7. The van der Waals surface area contributed by atoms with Crippen molar-refractivity contribution in [2.45, 2.75) is 120 Å². The van der Waals surface area contributed by atoms with Crippen LogP contribution in [0.5, 0.6) is 0 Å². The van der Waals surface area contributed by atoms with Crippen LogP contribution in [-0.2, 0) is 92.4 Å². The van der Waals surface area contributed by atoms with E-state index in [1.807, 2.05) is 74.5 Å². The number of benzene rings is 8. The second-order valence-electron chi connectivity index (χ2n) is 34.5. The topological polar surface area (TPSA) is 244 Å². The number of imidazole rings is 4. The summed E-state index contributed by atoms with van der Waals surface area (Å²) in [4.78, 5) is 47.7. The molecule has 0 atom stereocenters. The summed E-state index contributed by atoms with van der Waals surface area (Å²) in [7, 11) is 8.31. The van der Waals surface area contributed by atoms with Crippen molar-refractivity contribution in [3.05, 3.63) is 364 Å². The van der Waals surface area contributed by atoms with Crippen LogP contribution in [0.1, 0.15) is 103 Å². The van der Waals surface area contributed by atoms with Gasteiger partial charge in [-0.1, -0.05) is 158 Å². The molecule has 0 aliphatic rings. The molecule has 0 saturated carbocycles. The van der Waals surface area contributed by atoms with E-state index in [1.54, 1.807) is 10.6 Å². The third-order valence-electron chi connectivity index (χ3n) is 25.8. The molecule has 0 N–H and O–H groups in total. The molecule has 0 saturated heterocycles. The van der Waals surface area contributed by atoms with Gasteiger partial charge in [-0.3, -0.25) is 0 Å². The van der Waals surface area contributed by atoms with Gasteiger partial charge in [-0.15, -0.1) is 4.52 Å². The highest BCUT2D eigenvalue weighted by Crippen LogP contribution is 2.32. The molecule has 0 amide bonds. The fourth-order valence-electron chi connectivity index (χ4n) is 18.3. The Bertz CT molecular complexity index is 8020. The monoisotopic (exact) mass is 1750 g/mol. The Labute approximate surface area is 763 Å². The largest absolute Gasteiger partial charge is 0.356 e. The lowest BCUT2D eigenvalue weighted by atomic mass is 10.1. The van der Waals surface area contributed by atoms with Gasteiger partial charge in [-0.05, 0) is 189 Å². The Balaban J connectivity index is 0.000000100. The highest BCUT2D eigenvalue weighted by Gasteiger charge is 2.24. The smallest absolute Gasteiger partial charge is 0.331 e. The van der Waals surface area contributed by atoms with Crippen molar-refractivity contribution >= 4 is 126 Å². The van der Waals surface area contributed by atoms with Crippen LogP contribution in [0.15, 0.2) is 255 Å². The Morgan fingerprint density at radius 2 is 0.699 bits per heavy atom. The van der Waals surface area contributed by atoms with Crippen molar-refractivity contribution in [1.82, 2.24) is 121 Å². The molecule has 658 valence electrons. The van der Waals surface area contributed by atoms with E-state index in [0.29, 0.717) is 18.7 Å². The van der Waals surface area contributed by atoms with Gasteiger partial charge in [0.25, 0.3) is 5.82 Å². The molecule has 133 heavy (non-hydrogen) atoms. The predicted molar refractivity (Wildman–Crippen MR) is 521 cm³/mol. The second-order valence-corrected chi connectivity index (χ2v) is 34.5. The van der Waals surface area contributed by atoms with E-state index >= 15 is 0 Å². The zero-order valence-electron chi connectivity index (χ0n) is 76.3. The molecule has 25 rings (SSSR count). The quantitative estimate of drug-likeness (QED) is 0.0866. The first-order valence-electron chi connectivity index (χ1n) is 45.1. The maximum atomic E-state index is 14.0. The van der Waals surface area contributed by atoms with Crippen LogP contribution in [0.2, 0.25) is 0 Å². The molecule has 25 aromatic rings. The maximum Gasteiger partial charge on any atom is 0.356 e. The van der Waals surface area contributed by atoms with Gasteiger partial charge in [0.15, 0.2) is 63.2 Å². The Hall–Kier alpha value is -16.2. The zero-order valence-corrected chi connectivity index (χ0v) is 76.3. The number of pyridine rings is 7. The number of aryl methyl sites for hydroxylation is 22. The molecule has 8 aromatic carbocycles. The van der Waals surface area contributed by atoms with Crippen molar-refractivity contribution in [1.29, 1.82) is 0 Å². The summed E-state index contributed by atoms with van der Waals surface area (Å²) in [5.41, 5.74) is 22.4. The van der Waals surface area contributed by atoms with Gasteiger partial charge in [0.2, 0.25) is 0 Å². The molecule has 0 spiro atoms. The Kier molecular flexibility index (Phi) is 21.8. The standard InChI is InChI=1S/C22H21N5.C21H18FN5.C21H21N6.2C21H19N5/c1-14-8-9-15(2)27-22(14)23-19(25-27)12-13-20-24-21-17-7-5-4-6-16(17)10-11-18(21)26(20)3;1-13-7-8-17(22)21-24-19(25-27(13)21)10-9-18-14(2)26-12-11-15-5-3-4-6-16(15)20(26)23-18;1-14-8-9-15(2)27-20(14)22-18(24-27)10-11-19-23-21-17-7-5-4-6-16(17)12-13-26(21)25(19)3;1-14-6-5-13-26-21(14)22-18(24-26)11-12-19-23-20-16-8-4-3-7-15(16)9-10-17(20)25(19)2;1-14-6-5-9-20-22-18(24-26(14)20)12-13-19-23-21-16-8-4-3-7-15(16)10-11-17(21)25(19)2/h4-11H,12-13H2,1-3H3;3-8,11-12H,9-10H2,1-2H3;4-9,12-13H,10-11H2,1-3H3;3-10,13H,11-12H2,1-2H3;3-11H,12-13H2,1-2H3/q;;+1;;. The first-order chi connectivity index (χ1) is 64.7. The SMILES string of the molecule is Cc1c(CCc2nc3c(F)ccc(C)n3n2)nc2c3ccccc3ccn12.Cc1ccc(C)n2nc(CCc3nc4c5ccccc5cc[n+]4n3C)nc12.Cc1ccc(C)n2nc(CCc3nc4c5ccccc5ccc4n3C)nc12.Cc1cccc2nc(CCc3nc4c5ccccc5ccc4n3C)nn12.Cc1cccn2nc(CCc3nc4c5ccccc5ccc4n3C)nc12. The summed E-state index contributed by atoms with van der Waals surface area (Å²) in [5, 5.41) is 35.0. The van der Waals surface area contributed by atoms with Crippen LogP contribution in [0, 0.1) is 61.2 Å². The van der Waals surface area contributed by atoms with Crippen LogP contribution in [0.25, 0.3) is 126 Å². The second kappa shape index (κ2) is 34.7. The van der Waals surface area contributed by atoms with E-state index in [0.717, 1.165) is 216 Å². The van der Waals surface area contributed by atoms with Gasteiger partial charge >= 0.3 is 5.65 Å². The first-order valence-corrected chi connectivity index (χ1v) is 45.1. The third-order valence-corrected chi connectivity index (χ3v) is 25.8. The van der Waals surface area contributed by atoms with Gasteiger partial charge in [-0.2, -0.15) is 30.2 Å². The van der Waals surface area contributed by atoms with Gasteiger partial charge in [0, 0.05) is 141 Å². The van der Waals surface area contributed by atoms with Crippen molar-refractivity contribution in [2.24, 2.45) is 28.2 Å². The lowest BCUT2D eigenvalue weighted by Gasteiger charge is -2.01. The lowest BCUT2D eigenvalue weighted by molar-refractivity contribution is -0.607. The van der Waals surface area contributed by atoms with Crippen molar-refractivity contribution in [3.8, 4) is 0 Å². The number of halogens is 1. The van der Waals surface area contributed by atoms with Gasteiger partial charge in [0.1, 0.15) is 29.3 Å². The molecule has 0 radical (unpaired) electrons. The van der Waals surface area contributed by atoms with Crippen LogP contribution in [0.3, 0.4) is 0 Å². The van der Waals surface area contributed by atoms with Gasteiger partial charge < -0.3 is 18.1 Å². The van der Waals surface area contributed by atoms with E-state index in [-0.39, 0.29) is 11.5 Å². The van der Waals surface area contributed by atoms with Crippen molar-refractivity contribution in [2.75, 3.05) is 0 Å². The van der Waals surface area contributed by atoms with E-state index in [4.69, 9.17) is 40.0 Å².